The topological polar surface area (TPSA) is 0 Å². The Morgan fingerprint density at radius 1 is 0.615 bits per heavy atom. The van der Waals surface area contributed by atoms with E-state index in [1.165, 1.54) is 13.8 Å². The van der Waals surface area contributed by atoms with Gasteiger partial charge in [0.1, 0.15) is 0 Å². The van der Waals surface area contributed by atoms with Crippen molar-refractivity contribution in [1.29, 1.82) is 0 Å². The summed E-state index contributed by atoms with van der Waals surface area (Å²) in [6, 6.07) is 0. The monoisotopic (exact) mass is 624 g/mol. The molecule has 0 bridgehead atoms. The summed E-state index contributed by atoms with van der Waals surface area (Å²) in [5.41, 5.74) is -8.75. The largest absolute Gasteiger partial charge is 0.0656 e. The third kappa shape index (κ3) is 342. The minimum absolute atomic E-state index is 0.160. The predicted molar refractivity (Wildman–Crippen MR) is 196 cm³/mol. The molecule has 0 radical (unpaired) electrons. The first-order valence-corrected chi connectivity index (χ1v) is 11.1. The molecule has 0 saturated carbocycles. The Morgan fingerprint density at radius 3 is 1.08 bits per heavy atom. The van der Waals surface area contributed by atoms with Crippen LogP contribution in [0.5, 0.6) is 0 Å². The Morgan fingerprint density at radius 2 is 1.08 bits per heavy atom. The van der Waals surface area contributed by atoms with Gasteiger partial charge in [-0.2, -0.15) is 0 Å². The van der Waals surface area contributed by atoms with E-state index in [-0.39, 0.29) is 19.3 Å². The summed E-state index contributed by atoms with van der Waals surface area (Å²) in [4.78, 5) is 0. The maximum absolute atomic E-state index is 7.39. The SMILES string of the molecule is [2H]C([2H])([2H])C(C([2H])([2H])[2H])(C([2H])([2H])[2H])C([2H])([2H])C.[2H]C([2H])([2H])C(C)(C([2H])([2H])[2H])C([2H])([2H])[2H].[2H]C([2H])([2H])C(CC)(C([2H])([2H])[2H])C([2H])([2H])[2H].[2H]C([2H])([2H])C(CC)C([2H])([2H])[2H].[2H]C([2H])([2H])C([2H])(C([2H])([2H])[2H])C([2H])([2H])C.[2H]C([2H])([2H])C([2H])(C)C([2H])([2H])[2H].[2H]C([2H])([2H])C([2H])(CC)C([2H])([2H])[2H].[2H]C([2H])([2H])CC. The third-order valence-electron chi connectivity index (χ3n) is 1.92. The second kappa shape index (κ2) is 40.1. The third-order valence-corrected chi connectivity index (χ3v) is 1.92. The highest BCUT2D eigenvalue weighted by Crippen LogP contribution is 2.16. The molecule has 0 aromatic carbocycles. The van der Waals surface area contributed by atoms with E-state index in [0.717, 1.165) is 20.8 Å². The Hall–Kier alpha value is 0. The van der Waals surface area contributed by atoms with Gasteiger partial charge in [0, 0.05) is 83.6 Å². The van der Waals surface area contributed by atoms with Crippen molar-refractivity contribution in [3.05, 3.63) is 0 Å². The van der Waals surface area contributed by atoms with Gasteiger partial charge in [-0.3, -0.25) is 0 Å². The van der Waals surface area contributed by atoms with Gasteiger partial charge in [0.05, 0.1) is 0 Å². The zero-order valence-electron chi connectivity index (χ0n) is 85.4. The van der Waals surface area contributed by atoms with E-state index < -0.39 is 182 Å². The van der Waals surface area contributed by atoms with Crippen LogP contribution in [-0.4, -0.2) is 0 Å². The summed E-state index contributed by atoms with van der Waals surface area (Å²) >= 11 is 0. The molecule has 0 aliphatic carbocycles. The summed E-state index contributed by atoms with van der Waals surface area (Å²) in [5.74, 6) is -9.00. The smallest absolute Gasteiger partial charge is 0.0297 e. The molecule has 0 saturated heterocycles. The molecule has 0 unspecified atom stereocenters. The first kappa shape index (κ1) is 6.65. The van der Waals surface area contributed by atoms with Gasteiger partial charge in [-0.1, -0.05) is 217 Å². The minimum atomic E-state index is -3.48. The van der Waals surface area contributed by atoms with Crippen molar-refractivity contribution in [2.75, 3.05) is 0 Å². The van der Waals surface area contributed by atoms with Gasteiger partial charge in [-0.25, -0.2) is 0 Å². The lowest BCUT2D eigenvalue weighted by molar-refractivity contribution is 0.397. The average Bonchev–Trinajstić information content (AvgIpc) is 0.706. The predicted octanol–water partition coefficient (Wildman–Crippen LogP) is 16.2. The van der Waals surface area contributed by atoms with Crippen molar-refractivity contribution in [1.82, 2.24) is 0 Å². The second-order valence-corrected chi connectivity index (χ2v) is 6.78. The van der Waals surface area contributed by atoms with Crippen molar-refractivity contribution < 1.29 is 83.6 Å². The fourth-order valence-corrected chi connectivity index (χ4v) is 0. The van der Waals surface area contributed by atoms with Gasteiger partial charge in [0.15, 0.2) is 0 Å². The van der Waals surface area contributed by atoms with Crippen LogP contribution in [0.3, 0.4) is 0 Å². The van der Waals surface area contributed by atoms with Crippen LogP contribution in [0.2, 0.25) is 0 Å². The summed E-state index contributed by atoms with van der Waals surface area (Å²) in [7, 11) is 0. The van der Waals surface area contributed by atoms with Gasteiger partial charge < -0.3 is 0 Å². The molecule has 250 valence electrons. The first-order valence-electron chi connectivity index (χ1n) is 41.6. The van der Waals surface area contributed by atoms with Crippen LogP contribution in [0, 0.1) is 39.8 Å². The summed E-state index contributed by atoms with van der Waals surface area (Å²) in [6.07, 6.45) is -5.78. The molecule has 0 N–H and O–H groups in total. The fourth-order valence-electron chi connectivity index (χ4n) is 0. The van der Waals surface area contributed by atoms with Crippen molar-refractivity contribution in [3.8, 4) is 0 Å². The van der Waals surface area contributed by atoms with Crippen LogP contribution in [0.25, 0.3) is 0 Å². The van der Waals surface area contributed by atoms with E-state index >= 15 is 0 Å². The highest BCUT2D eigenvalue weighted by Gasteiger charge is 2.03. The molecule has 0 atom stereocenters. The molecular weight excluding hydrogens is 468 g/mol. The standard InChI is InChI=1S/2C6H14.4C5H12.C4H10.C3H8/c2*1-5-6(2,3)4;1-5(2,3)4;3*1-4-5(2)3;1-4(2)3;1-3-2/h2*5H2,1-4H3;1-4H3;3*5H,4H2,1-3H3;4H,1-3H3;3H2,1-2H3/i2D3,3D3,4D3,5D2;2D3,3D3,4D3;1D3,2D3,3D3;2D3,3D3,4D2,5D;2D3,3D3,5D;2D3,3D3;1D3,2D3,4D;1D3. The van der Waals surface area contributed by atoms with E-state index in [1.54, 1.807) is 13.8 Å². The van der Waals surface area contributed by atoms with E-state index in [4.69, 9.17) is 83.6 Å². The van der Waals surface area contributed by atoms with Crippen molar-refractivity contribution >= 4 is 0 Å². The van der Waals surface area contributed by atoms with Crippen molar-refractivity contribution in [3.63, 3.8) is 0 Å². The Balaban J connectivity index is -0.000000163. The molecule has 0 amide bonds. The highest BCUT2D eigenvalue weighted by molar-refractivity contribution is 4.55. The van der Waals surface area contributed by atoms with Gasteiger partial charge >= 0.3 is 0 Å². The zero-order valence-corrected chi connectivity index (χ0v) is 24.4. The molecule has 0 fully saturated rings. The molecule has 0 aliphatic heterocycles. The molecule has 0 nitrogen and oxygen atoms in total. The molecule has 0 heterocycles. The maximum atomic E-state index is 7.39. The first-order chi connectivity index (χ1) is 41.6. The van der Waals surface area contributed by atoms with E-state index in [0.29, 0.717) is 6.92 Å². The highest BCUT2D eigenvalue weighted by atomic mass is 14.1. The van der Waals surface area contributed by atoms with E-state index in [1.807, 2.05) is 0 Å². The van der Waals surface area contributed by atoms with Crippen LogP contribution in [0.4, 0.5) is 0 Å². The molecule has 0 rings (SSSR count). The number of rotatable bonds is 3. The fraction of sp³-hybridized carbons (Fsp3) is 1.00. The molecule has 39 heavy (non-hydrogen) atoms. The maximum Gasteiger partial charge on any atom is 0.0297 e. The molecule has 0 spiro atoms. The van der Waals surface area contributed by atoms with E-state index in [2.05, 4.69) is 0 Å². The molecule has 0 aromatic rings. The second-order valence-electron chi connectivity index (χ2n) is 6.78. The summed E-state index contributed by atoms with van der Waals surface area (Å²) in [6.45, 7) is -43.6. The quantitative estimate of drug-likeness (QED) is 0.293. The van der Waals surface area contributed by atoms with Crippen molar-refractivity contribution in [2.45, 2.75) is 217 Å². The molecule has 0 aromatic heterocycles. The van der Waals surface area contributed by atoms with Crippen molar-refractivity contribution in [2.24, 2.45) is 39.8 Å². The average molecular weight is 625 g/mol. The Labute approximate surface area is 343 Å². The van der Waals surface area contributed by atoms with Crippen LogP contribution < -0.4 is 0 Å². The van der Waals surface area contributed by atoms with Gasteiger partial charge in [0.25, 0.3) is 0 Å². The normalized spacial score (nSPS) is 40.8. The van der Waals surface area contributed by atoms with Crippen LogP contribution in [0.15, 0.2) is 0 Å². The lowest BCUT2D eigenvalue weighted by Gasteiger charge is -2.12. The summed E-state index contributed by atoms with van der Waals surface area (Å²) < 4.78 is 428. The molecule has 0 heteroatoms. The molecular formula is C39H94. The van der Waals surface area contributed by atoms with E-state index in [9.17, 15) is 0 Å². The van der Waals surface area contributed by atoms with Gasteiger partial charge in [-0.15, -0.1) is 0 Å². The summed E-state index contributed by atoms with van der Waals surface area (Å²) in [5, 5.41) is 0. The van der Waals surface area contributed by atoms with Gasteiger partial charge in [0.2, 0.25) is 0 Å². The molecule has 0 aliphatic rings. The lowest BCUT2D eigenvalue weighted by Crippen LogP contribution is -2.00. The van der Waals surface area contributed by atoms with Crippen LogP contribution >= 0.6 is 0 Å². The van der Waals surface area contributed by atoms with Gasteiger partial charge in [-0.05, 0) is 39.8 Å². The van der Waals surface area contributed by atoms with Crippen LogP contribution in [0.1, 0.15) is 301 Å². The van der Waals surface area contributed by atoms with Crippen LogP contribution in [-0.2, 0) is 0 Å². The number of hydrogen-bond acceptors (Lipinski definition) is 0. The zero-order chi connectivity index (χ0) is 85.4. The Bertz CT molecular complexity index is 2030. The Kier molecular flexibility index (Phi) is 6.85. The number of hydrogen-bond donors (Lipinski definition) is 0. The minimum Gasteiger partial charge on any atom is -0.0656 e. The lowest BCUT2D eigenvalue weighted by atomic mass is 9.94.